The quantitative estimate of drug-likeness (QED) is 0.726. The second kappa shape index (κ2) is 5.81. The average Bonchev–Trinajstić information content (AvgIpc) is 3.23. The number of amides is 1. The van der Waals surface area contributed by atoms with Gasteiger partial charge in [0.05, 0.1) is 24.5 Å². The summed E-state index contributed by atoms with van der Waals surface area (Å²) >= 11 is 1.52. The summed E-state index contributed by atoms with van der Waals surface area (Å²) in [4.78, 5) is 19.3. The number of fused-ring (bicyclic) bond motifs is 1. The van der Waals surface area contributed by atoms with Crippen molar-refractivity contribution in [1.29, 1.82) is 0 Å². The molecule has 5 rings (SSSR count). The molecule has 1 aromatic carbocycles. The van der Waals surface area contributed by atoms with Gasteiger partial charge < -0.3 is 4.90 Å². The Bertz CT molecular complexity index is 926. The summed E-state index contributed by atoms with van der Waals surface area (Å²) in [5.74, 6) is 0.660. The molecule has 0 spiro atoms. The fraction of sp³-hybridized carbons (Fsp3) is 0.316. The molecule has 1 fully saturated rings. The molecule has 126 valence electrons. The van der Waals surface area contributed by atoms with Crippen LogP contribution in [0.2, 0.25) is 0 Å². The Balaban J connectivity index is 1.35. The second-order valence-corrected chi connectivity index (χ2v) is 7.55. The first-order chi connectivity index (χ1) is 12.3. The molecule has 6 heteroatoms. The molecule has 0 saturated heterocycles. The molecular formula is C19H18N4OS. The van der Waals surface area contributed by atoms with Gasteiger partial charge in [0.1, 0.15) is 10.7 Å². The number of hydrogen-bond acceptors (Lipinski definition) is 4. The Hall–Kier alpha value is -2.47. The van der Waals surface area contributed by atoms with Crippen LogP contribution in [0, 0.1) is 0 Å². The highest BCUT2D eigenvalue weighted by atomic mass is 32.1. The fourth-order valence-corrected chi connectivity index (χ4v) is 4.09. The number of rotatable bonds is 3. The van der Waals surface area contributed by atoms with Gasteiger partial charge in [0, 0.05) is 23.4 Å². The van der Waals surface area contributed by atoms with Gasteiger partial charge in [-0.25, -0.2) is 4.98 Å². The number of carbonyl (C=O) groups excluding carboxylic acids is 1. The van der Waals surface area contributed by atoms with E-state index in [1.807, 2.05) is 40.6 Å². The number of aromatic nitrogens is 3. The molecule has 0 unspecified atom stereocenters. The van der Waals surface area contributed by atoms with E-state index in [1.54, 1.807) is 0 Å². The Morgan fingerprint density at radius 2 is 2.00 bits per heavy atom. The monoisotopic (exact) mass is 350 g/mol. The molecule has 1 saturated carbocycles. The third-order valence-electron chi connectivity index (χ3n) is 4.84. The van der Waals surface area contributed by atoms with Crippen LogP contribution in [0.4, 0.5) is 0 Å². The lowest BCUT2D eigenvalue weighted by Gasteiger charge is -2.27. The van der Waals surface area contributed by atoms with E-state index < -0.39 is 0 Å². The molecular weight excluding hydrogens is 332 g/mol. The van der Waals surface area contributed by atoms with Crippen molar-refractivity contribution in [2.24, 2.45) is 0 Å². The normalized spacial score (nSPS) is 16.7. The molecule has 1 aliphatic heterocycles. The van der Waals surface area contributed by atoms with Crippen LogP contribution in [-0.2, 0) is 13.1 Å². The molecule has 0 radical (unpaired) electrons. The summed E-state index contributed by atoms with van der Waals surface area (Å²) in [6, 6.07) is 12.2. The maximum atomic E-state index is 12.8. The molecule has 0 bridgehead atoms. The largest absolute Gasteiger partial charge is 0.330 e. The Kier molecular flexibility index (Phi) is 3.45. The van der Waals surface area contributed by atoms with Crippen LogP contribution in [0.3, 0.4) is 0 Å². The number of carbonyl (C=O) groups is 1. The van der Waals surface area contributed by atoms with Crippen LogP contribution in [0.25, 0.3) is 10.6 Å². The molecule has 1 aliphatic carbocycles. The average molecular weight is 350 g/mol. The Labute approximate surface area is 149 Å². The minimum absolute atomic E-state index is 0.0128. The zero-order chi connectivity index (χ0) is 16.8. The summed E-state index contributed by atoms with van der Waals surface area (Å²) in [6.45, 7) is 2.08. The van der Waals surface area contributed by atoms with Crippen molar-refractivity contribution >= 4 is 17.2 Å². The van der Waals surface area contributed by atoms with Gasteiger partial charge in [-0.2, -0.15) is 5.10 Å². The first kappa shape index (κ1) is 14.8. The van der Waals surface area contributed by atoms with E-state index in [-0.39, 0.29) is 5.91 Å². The van der Waals surface area contributed by atoms with Crippen molar-refractivity contribution in [2.75, 3.05) is 6.54 Å². The van der Waals surface area contributed by atoms with Crippen molar-refractivity contribution in [3.8, 4) is 10.6 Å². The molecule has 0 atom stereocenters. The van der Waals surface area contributed by atoms with E-state index in [9.17, 15) is 4.79 Å². The summed E-state index contributed by atoms with van der Waals surface area (Å²) in [5, 5.41) is 7.45. The third kappa shape index (κ3) is 2.76. The van der Waals surface area contributed by atoms with Crippen molar-refractivity contribution < 1.29 is 4.79 Å². The number of thiazole rings is 1. The lowest BCUT2D eigenvalue weighted by molar-refractivity contribution is 0.0701. The van der Waals surface area contributed by atoms with E-state index in [1.165, 1.54) is 29.9 Å². The summed E-state index contributed by atoms with van der Waals surface area (Å²) in [7, 11) is 0. The molecule has 3 aromatic rings. The highest BCUT2D eigenvalue weighted by Gasteiger charge is 2.30. The van der Waals surface area contributed by atoms with Crippen LogP contribution in [0.5, 0.6) is 0 Å². The van der Waals surface area contributed by atoms with Gasteiger partial charge in [-0.3, -0.25) is 9.48 Å². The maximum absolute atomic E-state index is 12.8. The van der Waals surface area contributed by atoms with Crippen molar-refractivity contribution in [2.45, 2.75) is 31.8 Å². The van der Waals surface area contributed by atoms with E-state index in [2.05, 4.69) is 20.8 Å². The van der Waals surface area contributed by atoms with E-state index in [0.29, 0.717) is 24.7 Å². The predicted molar refractivity (Wildman–Crippen MR) is 96.5 cm³/mol. The second-order valence-electron chi connectivity index (χ2n) is 6.69. The van der Waals surface area contributed by atoms with Gasteiger partial charge in [0.2, 0.25) is 0 Å². The topological polar surface area (TPSA) is 51.0 Å². The van der Waals surface area contributed by atoms with Gasteiger partial charge in [-0.05, 0) is 18.9 Å². The van der Waals surface area contributed by atoms with E-state index in [4.69, 9.17) is 0 Å². The minimum atomic E-state index is 0.0128. The zero-order valence-electron chi connectivity index (χ0n) is 13.8. The van der Waals surface area contributed by atoms with Crippen LogP contribution in [0.1, 0.15) is 40.6 Å². The molecule has 1 amide bonds. The fourth-order valence-electron chi connectivity index (χ4n) is 3.29. The van der Waals surface area contributed by atoms with Gasteiger partial charge in [-0.1, -0.05) is 30.3 Å². The maximum Gasteiger partial charge on any atom is 0.273 e. The number of benzene rings is 1. The van der Waals surface area contributed by atoms with Crippen LogP contribution < -0.4 is 0 Å². The first-order valence-corrected chi connectivity index (χ1v) is 9.53. The van der Waals surface area contributed by atoms with E-state index in [0.717, 1.165) is 22.8 Å². The standard InChI is InChI=1S/C19H18N4OS/c24-19(17-12-25-18(20-17)14-4-2-1-3-5-14)22-8-9-23-15(11-22)10-16(21-23)13-6-7-13/h1-5,10,12-13H,6-9,11H2. The SMILES string of the molecule is O=C(c1csc(-c2ccccc2)n1)N1CCn2nc(C3CC3)cc2C1. The van der Waals surface area contributed by atoms with Crippen LogP contribution in [-0.4, -0.2) is 32.1 Å². The third-order valence-corrected chi connectivity index (χ3v) is 5.74. The highest BCUT2D eigenvalue weighted by molar-refractivity contribution is 7.13. The number of hydrogen-bond donors (Lipinski definition) is 0. The van der Waals surface area contributed by atoms with Gasteiger partial charge in [0.25, 0.3) is 5.91 Å². The molecule has 3 heterocycles. The number of nitrogens with zero attached hydrogens (tertiary/aromatic N) is 4. The lowest BCUT2D eigenvalue weighted by Crippen LogP contribution is -2.38. The predicted octanol–water partition coefficient (Wildman–Crippen LogP) is 3.54. The first-order valence-electron chi connectivity index (χ1n) is 8.65. The van der Waals surface area contributed by atoms with Crippen molar-refractivity contribution in [3.63, 3.8) is 0 Å². The van der Waals surface area contributed by atoms with Crippen molar-refractivity contribution in [1.82, 2.24) is 19.7 Å². The highest BCUT2D eigenvalue weighted by Crippen LogP contribution is 2.39. The van der Waals surface area contributed by atoms with E-state index >= 15 is 0 Å². The van der Waals surface area contributed by atoms with Crippen LogP contribution in [0.15, 0.2) is 41.8 Å². The van der Waals surface area contributed by atoms with Gasteiger partial charge in [-0.15, -0.1) is 11.3 Å². The van der Waals surface area contributed by atoms with Crippen molar-refractivity contribution in [3.05, 3.63) is 58.9 Å². The van der Waals surface area contributed by atoms with Crippen LogP contribution >= 0.6 is 11.3 Å². The molecule has 5 nitrogen and oxygen atoms in total. The summed E-state index contributed by atoms with van der Waals surface area (Å²) in [6.07, 6.45) is 2.50. The van der Waals surface area contributed by atoms with Gasteiger partial charge in [0.15, 0.2) is 0 Å². The molecule has 0 N–H and O–H groups in total. The molecule has 25 heavy (non-hydrogen) atoms. The smallest absolute Gasteiger partial charge is 0.273 e. The summed E-state index contributed by atoms with van der Waals surface area (Å²) in [5.41, 5.74) is 3.93. The lowest BCUT2D eigenvalue weighted by atomic mass is 10.2. The summed E-state index contributed by atoms with van der Waals surface area (Å²) < 4.78 is 2.06. The molecule has 2 aromatic heterocycles. The molecule has 2 aliphatic rings. The Morgan fingerprint density at radius 3 is 2.80 bits per heavy atom. The Morgan fingerprint density at radius 1 is 1.16 bits per heavy atom. The zero-order valence-corrected chi connectivity index (χ0v) is 14.6. The van der Waals surface area contributed by atoms with Gasteiger partial charge >= 0.3 is 0 Å². The minimum Gasteiger partial charge on any atom is -0.330 e.